The van der Waals surface area contributed by atoms with Gasteiger partial charge in [-0.15, -0.1) is 5.10 Å². The molecule has 0 aliphatic carbocycles. The molecule has 2 aliphatic heterocycles. The summed E-state index contributed by atoms with van der Waals surface area (Å²) in [5.74, 6) is 0.122. The van der Waals surface area contributed by atoms with Crippen LogP contribution in [0.4, 0.5) is 0 Å². The Morgan fingerprint density at radius 2 is 2.05 bits per heavy atom. The molecule has 1 atom stereocenters. The van der Waals surface area contributed by atoms with Gasteiger partial charge in [0.2, 0.25) is 0 Å². The van der Waals surface area contributed by atoms with E-state index >= 15 is 0 Å². The number of carbonyl (C=O) groups excluding carboxylic acids is 1. The number of amides is 1. The van der Waals surface area contributed by atoms with Gasteiger partial charge in [-0.3, -0.25) is 4.79 Å². The zero-order valence-corrected chi connectivity index (χ0v) is 12.3. The van der Waals surface area contributed by atoms with Crippen LogP contribution in [0.2, 0.25) is 0 Å². The predicted octanol–water partition coefficient (Wildman–Crippen LogP) is 1.51. The highest BCUT2D eigenvalue weighted by Gasteiger charge is 2.37. The molecule has 4 rings (SSSR count). The van der Waals surface area contributed by atoms with Crippen LogP contribution in [0.3, 0.4) is 0 Å². The van der Waals surface area contributed by atoms with Crippen LogP contribution >= 0.6 is 0 Å². The number of carbonyl (C=O) groups is 1. The van der Waals surface area contributed by atoms with E-state index in [2.05, 4.69) is 10.3 Å². The number of ether oxygens (including phenoxy) is 1. The van der Waals surface area contributed by atoms with E-state index in [0.29, 0.717) is 19.7 Å². The van der Waals surface area contributed by atoms with Crippen LogP contribution in [-0.2, 0) is 9.53 Å². The number of rotatable bonds is 3. The molecular weight excluding hydrogens is 280 g/mol. The first kappa shape index (κ1) is 13.5. The molecule has 0 saturated carbocycles. The van der Waals surface area contributed by atoms with Crippen LogP contribution < -0.4 is 0 Å². The normalized spacial score (nSPS) is 21.8. The maximum Gasteiger partial charge on any atom is 0.251 e. The van der Waals surface area contributed by atoms with Gasteiger partial charge >= 0.3 is 0 Å². The van der Waals surface area contributed by atoms with Gasteiger partial charge in [0.1, 0.15) is 11.8 Å². The lowest BCUT2D eigenvalue weighted by Gasteiger charge is -2.39. The Balaban J connectivity index is 1.39. The van der Waals surface area contributed by atoms with Crippen LogP contribution in [0.15, 0.2) is 36.5 Å². The lowest BCUT2D eigenvalue weighted by Crippen LogP contribution is -2.53. The second-order valence-corrected chi connectivity index (χ2v) is 5.85. The zero-order chi connectivity index (χ0) is 14.9. The molecule has 1 aromatic heterocycles. The third kappa shape index (κ3) is 2.39. The first-order valence-electron chi connectivity index (χ1n) is 7.69. The van der Waals surface area contributed by atoms with Gasteiger partial charge in [0, 0.05) is 25.3 Å². The molecule has 0 radical (unpaired) electrons. The molecule has 0 bridgehead atoms. The van der Waals surface area contributed by atoms with Crippen molar-refractivity contribution >= 4 is 5.91 Å². The van der Waals surface area contributed by atoms with Crippen molar-refractivity contribution < 1.29 is 9.53 Å². The second-order valence-electron chi connectivity index (χ2n) is 5.85. The van der Waals surface area contributed by atoms with Crippen molar-refractivity contribution in [3.8, 4) is 11.3 Å². The minimum Gasteiger partial charge on any atom is -0.368 e. The monoisotopic (exact) mass is 298 g/mol. The van der Waals surface area contributed by atoms with E-state index in [-0.39, 0.29) is 18.1 Å². The van der Waals surface area contributed by atoms with Crippen molar-refractivity contribution in [2.45, 2.75) is 25.0 Å². The third-order valence-electron chi connectivity index (χ3n) is 4.33. The Labute approximate surface area is 128 Å². The van der Waals surface area contributed by atoms with Crippen molar-refractivity contribution in [1.82, 2.24) is 19.9 Å². The Kier molecular flexibility index (Phi) is 3.38. The van der Waals surface area contributed by atoms with Crippen molar-refractivity contribution in [1.29, 1.82) is 0 Å². The molecule has 1 amide bonds. The summed E-state index contributed by atoms with van der Waals surface area (Å²) >= 11 is 0. The fourth-order valence-electron chi connectivity index (χ4n) is 2.97. The molecule has 2 aromatic rings. The molecule has 6 nitrogen and oxygen atoms in total. The second kappa shape index (κ2) is 5.53. The Bertz CT molecular complexity index is 658. The molecule has 2 fully saturated rings. The first-order valence-corrected chi connectivity index (χ1v) is 7.69. The van der Waals surface area contributed by atoms with Crippen molar-refractivity contribution in [3.63, 3.8) is 0 Å². The summed E-state index contributed by atoms with van der Waals surface area (Å²) in [7, 11) is 0. The minimum atomic E-state index is -0.225. The maximum atomic E-state index is 12.2. The van der Waals surface area contributed by atoms with Gasteiger partial charge in [-0.1, -0.05) is 35.5 Å². The van der Waals surface area contributed by atoms with Gasteiger partial charge in [0.15, 0.2) is 0 Å². The molecule has 114 valence electrons. The SMILES string of the molecule is O=C([C@H]1CCCO1)N1CC(n2cc(-c3ccccc3)nn2)C1. The number of hydrogen-bond acceptors (Lipinski definition) is 4. The Morgan fingerprint density at radius 1 is 1.23 bits per heavy atom. The number of likely N-dealkylation sites (tertiary alicyclic amines) is 1. The van der Waals surface area contributed by atoms with E-state index in [1.54, 1.807) is 0 Å². The highest BCUT2D eigenvalue weighted by atomic mass is 16.5. The topological polar surface area (TPSA) is 60.2 Å². The standard InChI is InChI=1S/C16H18N4O2/c21-16(15-7-4-8-22-15)19-9-13(10-19)20-11-14(17-18-20)12-5-2-1-3-6-12/h1-3,5-6,11,13,15H,4,7-10H2/t15-/m1/s1. The summed E-state index contributed by atoms with van der Waals surface area (Å²) in [6.45, 7) is 2.09. The summed E-state index contributed by atoms with van der Waals surface area (Å²) in [4.78, 5) is 14.0. The van der Waals surface area contributed by atoms with Gasteiger partial charge < -0.3 is 9.64 Å². The number of nitrogens with zero attached hydrogens (tertiary/aromatic N) is 4. The fourth-order valence-corrected chi connectivity index (χ4v) is 2.97. The van der Waals surface area contributed by atoms with E-state index in [1.807, 2.05) is 46.1 Å². The maximum absolute atomic E-state index is 12.2. The number of benzene rings is 1. The lowest BCUT2D eigenvalue weighted by atomic mass is 10.1. The van der Waals surface area contributed by atoms with Crippen LogP contribution in [0, 0.1) is 0 Å². The summed E-state index contributed by atoms with van der Waals surface area (Å²) in [6.07, 6.45) is 3.56. The molecule has 1 aromatic carbocycles. The first-order chi connectivity index (χ1) is 10.8. The highest BCUT2D eigenvalue weighted by molar-refractivity contribution is 5.82. The summed E-state index contributed by atoms with van der Waals surface area (Å²) in [6, 6.07) is 10.2. The van der Waals surface area contributed by atoms with E-state index in [0.717, 1.165) is 24.1 Å². The van der Waals surface area contributed by atoms with Gasteiger partial charge in [0.05, 0.1) is 12.2 Å². The molecule has 6 heteroatoms. The van der Waals surface area contributed by atoms with Gasteiger partial charge in [-0.2, -0.15) is 0 Å². The zero-order valence-electron chi connectivity index (χ0n) is 12.3. The number of hydrogen-bond donors (Lipinski definition) is 0. The molecule has 2 aliphatic rings. The fraction of sp³-hybridized carbons (Fsp3) is 0.438. The molecule has 0 spiro atoms. The van der Waals surface area contributed by atoms with E-state index in [4.69, 9.17) is 4.74 Å². The molecule has 22 heavy (non-hydrogen) atoms. The molecular formula is C16H18N4O2. The van der Waals surface area contributed by atoms with Gasteiger partial charge in [0.25, 0.3) is 5.91 Å². The van der Waals surface area contributed by atoms with Gasteiger partial charge in [-0.25, -0.2) is 4.68 Å². The van der Waals surface area contributed by atoms with Crippen molar-refractivity contribution in [2.24, 2.45) is 0 Å². The van der Waals surface area contributed by atoms with Crippen LogP contribution in [-0.4, -0.2) is 51.6 Å². The molecule has 3 heterocycles. The quantitative estimate of drug-likeness (QED) is 0.862. The van der Waals surface area contributed by atoms with Gasteiger partial charge in [-0.05, 0) is 12.8 Å². The van der Waals surface area contributed by atoms with Crippen LogP contribution in [0.1, 0.15) is 18.9 Å². The van der Waals surface area contributed by atoms with Crippen molar-refractivity contribution in [3.05, 3.63) is 36.5 Å². The Morgan fingerprint density at radius 3 is 2.77 bits per heavy atom. The smallest absolute Gasteiger partial charge is 0.251 e. The van der Waals surface area contributed by atoms with Crippen LogP contribution in [0.5, 0.6) is 0 Å². The van der Waals surface area contributed by atoms with E-state index in [1.165, 1.54) is 0 Å². The minimum absolute atomic E-state index is 0.122. The van der Waals surface area contributed by atoms with Crippen molar-refractivity contribution in [2.75, 3.05) is 19.7 Å². The van der Waals surface area contributed by atoms with Crippen LogP contribution in [0.25, 0.3) is 11.3 Å². The molecule has 0 unspecified atom stereocenters. The predicted molar refractivity (Wildman–Crippen MR) is 80.0 cm³/mol. The average molecular weight is 298 g/mol. The molecule has 0 N–H and O–H groups in total. The average Bonchev–Trinajstić information content (AvgIpc) is 3.18. The van der Waals surface area contributed by atoms with E-state index < -0.39 is 0 Å². The summed E-state index contributed by atoms with van der Waals surface area (Å²) in [5, 5.41) is 8.42. The largest absolute Gasteiger partial charge is 0.368 e. The highest BCUT2D eigenvalue weighted by Crippen LogP contribution is 2.25. The summed E-state index contributed by atoms with van der Waals surface area (Å²) in [5.41, 5.74) is 1.92. The summed E-state index contributed by atoms with van der Waals surface area (Å²) < 4.78 is 7.31. The lowest BCUT2D eigenvalue weighted by molar-refractivity contribution is -0.147. The number of aromatic nitrogens is 3. The molecule has 2 saturated heterocycles. The van der Waals surface area contributed by atoms with E-state index in [9.17, 15) is 4.79 Å². The Hall–Kier alpha value is -2.21. The third-order valence-corrected chi connectivity index (χ3v) is 4.33.